The van der Waals surface area contributed by atoms with Crippen LogP contribution in [0.2, 0.25) is 5.02 Å². The fourth-order valence-electron chi connectivity index (χ4n) is 4.16. The molecule has 0 amide bonds. The Labute approximate surface area is 213 Å². The minimum Gasteiger partial charge on any atom is -0.496 e. The Hall–Kier alpha value is -3.42. The highest BCUT2D eigenvalue weighted by atomic mass is 35.5. The second-order valence-electron chi connectivity index (χ2n) is 8.97. The Morgan fingerprint density at radius 2 is 1.81 bits per heavy atom. The van der Waals surface area contributed by atoms with Crippen LogP contribution in [0.25, 0.3) is 5.69 Å². The zero-order chi connectivity index (χ0) is 26.0. The number of hydrogen-bond acceptors (Lipinski definition) is 4. The summed E-state index contributed by atoms with van der Waals surface area (Å²) < 4.78 is 41.2. The summed E-state index contributed by atoms with van der Waals surface area (Å²) in [5.74, 6) is 0.0483. The molecule has 1 heterocycles. The highest BCUT2D eigenvalue weighted by Gasteiger charge is 2.30. The summed E-state index contributed by atoms with van der Waals surface area (Å²) in [6.45, 7) is 5.66. The molecule has 0 aliphatic carbocycles. The van der Waals surface area contributed by atoms with Gasteiger partial charge in [0.2, 0.25) is 0 Å². The van der Waals surface area contributed by atoms with E-state index in [0.717, 1.165) is 11.3 Å². The van der Waals surface area contributed by atoms with Gasteiger partial charge >= 0.3 is 0 Å². The van der Waals surface area contributed by atoms with Crippen molar-refractivity contribution in [3.63, 3.8) is 0 Å². The maximum Gasteiger partial charge on any atom is 0.174 e. The molecule has 0 radical (unpaired) electrons. The lowest BCUT2D eigenvalue weighted by atomic mass is 9.80. The standard InChI is InChI=1S/C28H27ClF2N2O3/c1-17(34)21-13-8-18(14-24(21)35-4)28(2,3)25-15-32-26(33(25)20-11-9-19(30)10-12-20)16-36-27-22(29)6-5-7-23(27)31/h5-15,17,34H,16H2,1-4H3. The van der Waals surface area contributed by atoms with E-state index in [2.05, 4.69) is 4.98 Å². The molecule has 4 rings (SSSR count). The number of methoxy groups -OCH3 is 1. The number of halogens is 3. The maximum atomic E-state index is 14.3. The Kier molecular flexibility index (Phi) is 7.33. The lowest BCUT2D eigenvalue weighted by Crippen LogP contribution is -2.24. The van der Waals surface area contributed by atoms with Crippen LogP contribution < -0.4 is 9.47 Å². The number of ether oxygens (including phenoxy) is 2. The van der Waals surface area contributed by atoms with Crippen molar-refractivity contribution >= 4 is 11.6 Å². The van der Waals surface area contributed by atoms with Crippen molar-refractivity contribution in [1.29, 1.82) is 0 Å². The topological polar surface area (TPSA) is 56.5 Å². The van der Waals surface area contributed by atoms with E-state index in [-0.39, 0.29) is 23.2 Å². The first-order valence-electron chi connectivity index (χ1n) is 11.4. The van der Waals surface area contributed by atoms with Crippen LogP contribution in [0.3, 0.4) is 0 Å². The number of aromatic nitrogens is 2. The quantitative estimate of drug-likeness (QED) is 0.283. The van der Waals surface area contributed by atoms with Crippen molar-refractivity contribution in [2.45, 2.75) is 38.9 Å². The molecule has 188 valence electrons. The molecule has 0 saturated heterocycles. The summed E-state index contributed by atoms with van der Waals surface area (Å²) >= 11 is 6.13. The van der Waals surface area contributed by atoms with E-state index in [0.29, 0.717) is 22.8 Å². The predicted molar refractivity (Wildman–Crippen MR) is 135 cm³/mol. The smallest absolute Gasteiger partial charge is 0.174 e. The van der Waals surface area contributed by atoms with Gasteiger partial charge in [-0.1, -0.05) is 43.6 Å². The molecule has 0 aliphatic heterocycles. The number of benzene rings is 3. The van der Waals surface area contributed by atoms with Gasteiger partial charge in [-0.3, -0.25) is 4.57 Å². The number of aliphatic hydroxyl groups excluding tert-OH is 1. The second-order valence-corrected chi connectivity index (χ2v) is 9.38. The van der Waals surface area contributed by atoms with Gasteiger partial charge in [-0.15, -0.1) is 0 Å². The number of imidazole rings is 1. The Bertz CT molecular complexity index is 1350. The SMILES string of the molecule is COc1cc(C(C)(C)c2cnc(COc3c(F)cccc3Cl)n2-c2ccc(F)cc2)ccc1C(C)O. The minimum atomic E-state index is -0.684. The van der Waals surface area contributed by atoms with E-state index < -0.39 is 17.3 Å². The second kappa shape index (κ2) is 10.3. The molecule has 5 nitrogen and oxygen atoms in total. The van der Waals surface area contributed by atoms with Gasteiger partial charge < -0.3 is 14.6 Å². The molecule has 8 heteroatoms. The number of hydrogen-bond donors (Lipinski definition) is 1. The minimum absolute atomic E-state index is 0.0629. The van der Waals surface area contributed by atoms with E-state index in [1.54, 1.807) is 38.4 Å². The van der Waals surface area contributed by atoms with Crippen LogP contribution in [0.5, 0.6) is 11.5 Å². The van der Waals surface area contributed by atoms with Gasteiger partial charge in [-0.25, -0.2) is 13.8 Å². The zero-order valence-corrected chi connectivity index (χ0v) is 21.2. The molecular formula is C28H27ClF2N2O3. The maximum absolute atomic E-state index is 14.3. The average molecular weight is 513 g/mol. The third-order valence-electron chi connectivity index (χ3n) is 6.23. The van der Waals surface area contributed by atoms with Gasteiger partial charge in [-0.2, -0.15) is 0 Å². The van der Waals surface area contributed by atoms with Crippen LogP contribution in [0, 0.1) is 11.6 Å². The van der Waals surface area contributed by atoms with Gasteiger partial charge in [0.15, 0.2) is 17.4 Å². The molecule has 0 bridgehead atoms. The average Bonchev–Trinajstić information content (AvgIpc) is 3.28. The van der Waals surface area contributed by atoms with Crippen molar-refractivity contribution < 1.29 is 23.4 Å². The van der Waals surface area contributed by atoms with Gasteiger partial charge in [0, 0.05) is 22.9 Å². The number of rotatable bonds is 8. The molecule has 1 N–H and O–H groups in total. The molecule has 0 spiro atoms. The summed E-state index contributed by atoms with van der Waals surface area (Å²) in [5, 5.41) is 10.2. The molecule has 1 aromatic heterocycles. The molecule has 36 heavy (non-hydrogen) atoms. The van der Waals surface area contributed by atoms with Crippen molar-refractivity contribution in [3.8, 4) is 17.2 Å². The lowest BCUT2D eigenvalue weighted by Gasteiger charge is -2.28. The normalized spacial score (nSPS) is 12.4. The van der Waals surface area contributed by atoms with Crippen LogP contribution in [-0.2, 0) is 12.0 Å². The Morgan fingerprint density at radius 1 is 1.08 bits per heavy atom. The zero-order valence-electron chi connectivity index (χ0n) is 20.4. The van der Waals surface area contributed by atoms with Crippen molar-refractivity contribution in [2.24, 2.45) is 0 Å². The highest BCUT2D eigenvalue weighted by Crippen LogP contribution is 2.38. The number of para-hydroxylation sites is 1. The van der Waals surface area contributed by atoms with Crippen molar-refractivity contribution in [2.75, 3.05) is 7.11 Å². The van der Waals surface area contributed by atoms with E-state index >= 15 is 0 Å². The van der Waals surface area contributed by atoms with E-state index in [1.807, 2.05) is 36.6 Å². The monoisotopic (exact) mass is 512 g/mol. The van der Waals surface area contributed by atoms with Crippen LogP contribution >= 0.6 is 11.6 Å². The van der Waals surface area contributed by atoms with Gasteiger partial charge in [0.05, 0.1) is 23.9 Å². The van der Waals surface area contributed by atoms with E-state index in [9.17, 15) is 13.9 Å². The largest absolute Gasteiger partial charge is 0.496 e. The molecular weight excluding hydrogens is 486 g/mol. The third-order valence-corrected chi connectivity index (χ3v) is 6.53. The fourth-order valence-corrected chi connectivity index (χ4v) is 4.38. The molecule has 1 unspecified atom stereocenters. The van der Waals surface area contributed by atoms with Crippen molar-refractivity contribution in [3.05, 3.63) is 106 Å². The van der Waals surface area contributed by atoms with Crippen LogP contribution in [0.1, 0.15) is 49.5 Å². The molecule has 3 aromatic carbocycles. The number of nitrogens with zero attached hydrogens (tertiary/aromatic N) is 2. The first kappa shape index (κ1) is 25.7. The Balaban J connectivity index is 1.80. The first-order chi connectivity index (χ1) is 17.1. The summed E-state index contributed by atoms with van der Waals surface area (Å²) in [6.07, 6.45) is 1.04. The van der Waals surface area contributed by atoms with Gasteiger partial charge in [0.25, 0.3) is 0 Å². The summed E-state index contributed by atoms with van der Waals surface area (Å²) in [6, 6.07) is 16.0. The first-order valence-corrected chi connectivity index (χ1v) is 11.8. The van der Waals surface area contributed by atoms with Crippen molar-refractivity contribution in [1.82, 2.24) is 9.55 Å². The molecule has 1 atom stereocenters. The van der Waals surface area contributed by atoms with Crippen LogP contribution in [0.15, 0.2) is 66.9 Å². The summed E-state index contributed by atoms with van der Waals surface area (Å²) in [4.78, 5) is 4.58. The van der Waals surface area contributed by atoms with Crippen LogP contribution in [0.4, 0.5) is 8.78 Å². The number of aliphatic hydroxyl groups is 1. The van der Waals surface area contributed by atoms with E-state index in [4.69, 9.17) is 21.1 Å². The fraction of sp³-hybridized carbons (Fsp3) is 0.250. The molecule has 0 aliphatic rings. The lowest BCUT2D eigenvalue weighted by molar-refractivity contribution is 0.194. The summed E-state index contributed by atoms with van der Waals surface area (Å²) in [7, 11) is 1.56. The molecule has 0 fully saturated rings. The van der Waals surface area contributed by atoms with E-state index in [1.165, 1.54) is 24.3 Å². The highest BCUT2D eigenvalue weighted by molar-refractivity contribution is 6.32. The van der Waals surface area contributed by atoms with Gasteiger partial charge in [0.1, 0.15) is 18.2 Å². The Morgan fingerprint density at radius 3 is 2.44 bits per heavy atom. The predicted octanol–water partition coefficient (Wildman–Crippen LogP) is 6.77. The third kappa shape index (κ3) is 4.94. The van der Waals surface area contributed by atoms with Gasteiger partial charge in [-0.05, 0) is 55.0 Å². The molecule has 4 aromatic rings. The summed E-state index contributed by atoms with van der Waals surface area (Å²) in [5.41, 5.74) is 2.46. The molecule has 0 saturated carbocycles. The van der Waals surface area contributed by atoms with Crippen LogP contribution in [-0.4, -0.2) is 21.8 Å².